The molecule has 2 heterocycles. The van der Waals surface area contributed by atoms with E-state index in [1.165, 1.54) is 14.2 Å². The van der Waals surface area contributed by atoms with E-state index in [2.05, 4.69) is 30.7 Å². The molecule has 1 aromatic heterocycles. The molecule has 5 nitrogen and oxygen atoms in total. The van der Waals surface area contributed by atoms with E-state index >= 15 is 0 Å². The van der Waals surface area contributed by atoms with E-state index in [9.17, 15) is 13.2 Å². The fourth-order valence-electron chi connectivity index (χ4n) is 5.55. The average molecular weight is 435 g/mol. The van der Waals surface area contributed by atoms with Crippen LogP contribution in [0.2, 0.25) is 0 Å². The van der Waals surface area contributed by atoms with Gasteiger partial charge in [-0.2, -0.15) is 13.2 Å². The third-order valence-electron chi connectivity index (χ3n) is 6.36. The normalized spacial score (nSPS) is 24.9. The second kappa shape index (κ2) is 7.28. The molecule has 0 spiro atoms. The van der Waals surface area contributed by atoms with Crippen molar-refractivity contribution in [3.63, 3.8) is 0 Å². The van der Waals surface area contributed by atoms with Crippen LogP contribution in [0.25, 0.3) is 11.3 Å². The Morgan fingerprint density at radius 2 is 1.71 bits per heavy atom. The highest BCUT2D eigenvalue weighted by Gasteiger charge is 2.50. The van der Waals surface area contributed by atoms with Gasteiger partial charge in [-0.05, 0) is 54.4 Å². The summed E-state index contributed by atoms with van der Waals surface area (Å²) in [7, 11) is 3.00. The van der Waals surface area contributed by atoms with Gasteiger partial charge in [-0.15, -0.1) is 0 Å². The van der Waals surface area contributed by atoms with Gasteiger partial charge in [0.1, 0.15) is 0 Å². The molecular weight excluding hydrogens is 407 g/mol. The molecule has 0 unspecified atom stereocenters. The van der Waals surface area contributed by atoms with E-state index in [0.29, 0.717) is 23.6 Å². The van der Waals surface area contributed by atoms with Crippen molar-refractivity contribution >= 4 is 5.95 Å². The molecule has 1 saturated heterocycles. The molecule has 1 aliphatic heterocycles. The summed E-state index contributed by atoms with van der Waals surface area (Å²) in [4.78, 5) is 10.5. The second-order valence-corrected chi connectivity index (χ2v) is 9.85. The summed E-state index contributed by atoms with van der Waals surface area (Å²) in [6.07, 6.45) is -1.68. The van der Waals surface area contributed by atoms with Crippen molar-refractivity contribution in [3.8, 4) is 22.8 Å². The Kier molecular flexibility index (Phi) is 5.10. The molecule has 2 bridgehead atoms. The quantitative estimate of drug-likeness (QED) is 0.627. The molecule has 2 aliphatic rings. The molecule has 2 fully saturated rings. The minimum absolute atomic E-state index is 0.0491. The topological polar surface area (TPSA) is 47.5 Å². The van der Waals surface area contributed by atoms with Crippen LogP contribution in [0.4, 0.5) is 19.1 Å². The largest absolute Gasteiger partial charge is 0.493 e. The Hall–Kier alpha value is -2.51. The fourth-order valence-corrected chi connectivity index (χ4v) is 5.55. The van der Waals surface area contributed by atoms with Crippen LogP contribution in [0, 0.1) is 10.8 Å². The molecule has 168 valence electrons. The number of halogens is 3. The lowest BCUT2D eigenvalue weighted by atomic mass is 9.65. The summed E-state index contributed by atoms with van der Waals surface area (Å²) in [5, 5.41) is 0. The van der Waals surface area contributed by atoms with Gasteiger partial charge >= 0.3 is 6.18 Å². The van der Waals surface area contributed by atoms with Crippen LogP contribution in [-0.2, 0) is 6.18 Å². The first-order valence-corrected chi connectivity index (χ1v) is 10.4. The molecule has 1 aliphatic carbocycles. The number of methoxy groups -OCH3 is 2. The number of fused-ring (bicyclic) bond motifs is 2. The van der Waals surface area contributed by atoms with Gasteiger partial charge in [0.25, 0.3) is 0 Å². The summed E-state index contributed by atoms with van der Waals surface area (Å²) in [5.74, 6) is 1.08. The Morgan fingerprint density at radius 3 is 2.35 bits per heavy atom. The van der Waals surface area contributed by atoms with Crippen LogP contribution < -0.4 is 14.4 Å². The first-order chi connectivity index (χ1) is 14.4. The van der Waals surface area contributed by atoms with Crippen molar-refractivity contribution in [3.05, 3.63) is 30.0 Å². The van der Waals surface area contributed by atoms with E-state index in [0.717, 1.165) is 25.3 Å². The highest BCUT2D eigenvalue weighted by molar-refractivity contribution is 5.65. The number of anilines is 1. The van der Waals surface area contributed by atoms with E-state index in [1.54, 1.807) is 18.2 Å². The second-order valence-electron chi connectivity index (χ2n) is 9.85. The minimum atomic E-state index is -4.57. The molecule has 0 radical (unpaired) electrons. The summed E-state index contributed by atoms with van der Waals surface area (Å²) in [6.45, 7) is 7.32. The Labute approximate surface area is 180 Å². The lowest BCUT2D eigenvalue weighted by Gasteiger charge is -2.39. The van der Waals surface area contributed by atoms with Crippen molar-refractivity contribution in [1.29, 1.82) is 0 Å². The monoisotopic (exact) mass is 435 g/mol. The molecule has 1 saturated carbocycles. The molecule has 2 aromatic rings. The third-order valence-corrected chi connectivity index (χ3v) is 6.36. The zero-order chi connectivity index (χ0) is 22.6. The van der Waals surface area contributed by atoms with Gasteiger partial charge in [0.15, 0.2) is 17.2 Å². The number of rotatable bonds is 4. The van der Waals surface area contributed by atoms with Gasteiger partial charge in [0.2, 0.25) is 5.95 Å². The number of hydrogen-bond acceptors (Lipinski definition) is 5. The zero-order valence-electron chi connectivity index (χ0n) is 18.5. The molecule has 0 N–H and O–H groups in total. The summed E-state index contributed by atoms with van der Waals surface area (Å²) in [6, 6.07) is 6.11. The molecule has 1 aromatic carbocycles. The van der Waals surface area contributed by atoms with Gasteiger partial charge in [0, 0.05) is 18.2 Å². The maximum Gasteiger partial charge on any atom is 0.433 e. The van der Waals surface area contributed by atoms with Crippen LogP contribution in [0.3, 0.4) is 0 Å². The van der Waals surface area contributed by atoms with Gasteiger partial charge in [0.05, 0.1) is 19.9 Å². The van der Waals surface area contributed by atoms with E-state index < -0.39 is 11.9 Å². The van der Waals surface area contributed by atoms with Gasteiger partial charge in [-0.3, -0.25) is 0 Å². The highest BCUT2D eigenvalue weighted by Crippen LogP contribution is 2.53. The lowest BCUT2D eigenvalue weighted by Crippen LogP contribution is -2.35. The van der Waals surface area contributed by atoms with Crippen molar-refractivity contribution in [1.82, 2.24) is 9.97 Å². The van der Waals surface area contributed by atoms with Crippen molar-refractivity contribution < 1.29 is 22.6 Å². The summed E-state index contributed by atoms with van der Waals surface area (Å²) >= 11 is 0. The Morgan fingerprint density at radius 1 is 1.00 bits per heavy atom. The Bertz CT molecular complexity index is 993. The van der Waals surface area contributed by atoms with Crippen LogP contribution >= 0.6 is 0 Å². The average Bonchev–Trinajstić information content (AvgIpc) is 2.95. The molecule has 2 atom stereocenters. The number of hydrogen-bond donors (Lipinski definition) is 0. The fraction of sp³-hybridized carbons (Fsp3) is 0.565. The van der Waals surface area contributed by atoms with Crippen LogP contribution in [0.15, 0.2) is 24.3 Å². The summed E-state index contributed by atoms with van der Waals surface area (Å²) < 4.78 is 51.7. The third kappa shape index (κ3) is 4.16. The van der Waals surface area contributed by atoms with Gasteiger partial charge in [-0.1, -0.05) is 20.8 Å². The first-order valence-electron chi connectivity index (χ1n) is 10.4. The van der Waals surface area contributed by atoms with Crippen molar-refractivity contribution in [2.45, 2.75) is 52.3 Å². The molecule has 8 heteroatoms. The van der Waals surface area contributed by atoms with E-state index in [4.69, 9.17) is 9.47 Å². The molecule has 31 heavy (non-hydrogen) atoms. The zero-order valence-corrected chi connectivity index (χ0v) is 18.5. The molecular formula is C23H28F3N3O2. The van der Waals surface area contributed by atoms with Gasteiger partial charge in [-0.25, -0.2) is 9.97 Å². The summed E-state index contributed by atoms with van der Waals surface area (Å²) in [5.41, 5.74) is -0.0221. The molecule has 0 amide bonds. The lowest BCUT2D eigenvalue weighted by molar-refractivity contribution is -0.141. The Balaban J connectivity index is 1.80. The highest BCUT2D eigenvalue weighted by atomic mass is 19.4. The van der Waals surface area contributed by atoms with Gasteiger partial charge < -0.3 is 14.4 Å². The predicted octanol–water partition coefficient (Wildman–Crippen LogP) is 5.58. The van der Waals surface area contributed by atoms with Crippen LogP contribution in [-0.4, -0.2) is 36.8 Å². The molecule has 4 rings (SSSR count). The van der Waals surface area contributed by atoms with Crippen molar-refractivity contribution in [2.24, 2.45) is 10.8 Å². The number of aromatic nitrogens is 2. The van der Waals surface area contributed by atoms with Crippen LogP contribution in [0.1, 0.15) is 45.7 Å². The van der Waals surface area contributed by atoms with Crippen LogP contribution in [0.5, 0.6) is 11.5 Å². The van der Waals surface area contributed by atoms with E-state index in [-0.39, 0.29) is 28.5 Å². The predicted molar refractivity (Wildman–Crippen MR) is 112 cm³/mol. The smallest absolute Gasteiger partial charge is 0.433 e. The van der Waals surface area contributed by atoms with E-state index in [1.807, 2.05) is 4.90 Å². The number of benzene rings is 1. The first kappa shape index (κ1) is 21.7. The minimum Gasteiger partial charge on any atom is -0.493 e. The number of ether oxygens (including phenoxy) is 2. The SMILES string of the molecule is COc1ccc(-c2cc(C(F)(F)F)nc(N3C[C@]4(C)C[C@@H]3CC(C)(C)C4)n2)cc1OC. The number of alkyl halides is 3. The standard InChI is InChI=1S/C23H28F3N3O2/c1-21(2)10-15-11-22(3,12-21)13-29(15)20-27-16(9-19(28-20)23(24,25)26)14-6-7-17(30-4)18(8-14)31-5/h6-9,15H,10-13H2,1-5H3/t15-,22+/m0/s1. The van der Waals surface area contributed by atoms with Crippen molar-refractivity contribution in [2.75, 3.05) is 25.7 Å². The number of nitrogens with zero attached hydrogens (tertiary/aromatic N) is 3. The maximum absolute atomic E-state index is 13.7. The maximum atomic E-state index is 13.7.